The molecule has 5 nitrogen and oxygen atoms in total. The van der Waals surface area contributed by atoms with E-state index < -0.39 is 0 Å². The largest absolute Gasteiger partial charge is 0.480 e. The molecule has 0 aliphatic rings. The summed E-state index contributed by atoms with van der Waals surface area (Å²) in [6.45, 7) is -0.152. The maximum atomic E-state index is 11.8. The van der Waals surface area contributed by atoms with Crippen LogP contribution in [0.3, 0.4) is 0 Å². The van der Waals surface area contributed by atoms with Crippen LogP contribution in [-0.2, 0) is 4.79 Å². The van der Waals surface area contributed by atoms with Crippen LogP contribution in [-0.4, -0.2) is 12.5 Å². The minimum Gasteiger partial charge on any atom is -0.480 e. The van der Waals surface area contributed by atoms with Crippen molar-refractivity contribution in [1.82, 2.24) is 0 Å². The van der Waals surface area contributed by atoms with Gasteiger partial charge in [-0.2, -0.15) is 5.26 Å². The molecule has 2 rings (SSSR count). The Morgan fingerprint density at radius 1 is 1.33 bits per heavy atom. The van der Waals surface area contributed by atoms with Gasteiger partial charge in [0.1, 0.15) is 0 Å². The lowest BCUT2D eigenvalue weighted by atomic mass is 10.2. The van der Waals surface area contributed by atoms with Crippen molar-refractivity contribution in [2.45, 2.75) is 0 Å². The fraction of sp³-hybridized carbons (Fsp3) is 0.0667. The van der Waals surface area contributed by atoms with Gasteiger partial charge in [0.15, 0.2) is 12.4 Å². The number of nitrogens with zero attached hydrogens (tertiary/aromatic N) is 1. The molecule has 0 fully saturated rings. The molecule has 6 heteroatoms. The topological polar surface area (TPSA) is 88.1 Å². The molecule has 3 N–H and O–H groups in total. The molecule has 2 aromatic rings. The van der Waals surface area contributed by atoms with Gasteiger partial charge in [0.05, 0.1) is 20.9 Å². The van der Waals surface area contributed by atoms with Gasteiger partial charge in [-0.15, -0.1) is 0 Å². The number of nitriles is 1. The van der Waals surface area contributed by atoms with Gasteiger partial charge in [0.25, 0.3) is 5.91 Å². The van der Waals surface area contributed by atoms with E-state index in [0.29, 0.717) is 26.3 Å². The van der Waals surface area contributed by atoms with Crippen molar-refractivity contribution in [2.75, 3.05) is 17.7 Å². The van der Waals surface area contributed by atoms with Crippen molar-refractivity contribution in [1.29, 1.82) is 5.26 Å². The number of carbonyl (C=O) groups excluding carboxylic acids is 1. The van der Waals surface area contributed by atoms with Crippen LogP contribution < -0.4 is 15.8 Å². The Hall–Kier alpha value is -2.27. The number of nitrogens with two attached hydrogens (primary N) is 1. The number of anilines is 2. The maximum Gasteiger partial charge on any atom is 0.262 e. The molecule has 0 aliphatic heterocycles. The van der Waals surface area contributed by atoms with Crippen LogP contribution >= 0.6 is 22.6 Å². The SMILES string of the molecule is N#Cc1cc(N)c(OCC(=O)Nc2ccccc2)c(I)c1. The molecule has 21 heavy (non-hydrogen) atoms. The molecule has 0 bridgehead atoms. The minimum absolute atomic E-state index is 0.152. The van der Waals surface area contributed by atoms with E-state index in [-0.39, 0.29) is 12.5 Å². The molecule has 0 spiro atoms. The second-order valence-electron chi connectivity index (χ2n) is 4.19. The van der Waals surface area contributed by atoms with Crippen LogP contribution in [0.4, 0.5) is 11.4 Å². The van der Waals surface area contributed by atoms with Crippen LogP contribution in [0.15, 0.2) is 42.5 Å². The summed E-state index contributed by atoms with van der Waals surface area (Å²) in [6.07, 6.45) is 0. The normalized spacial score (nSPS) is 9.71. The first-order valence-corrected chi connectivity index (χ1v) is 7.15. The Kier molecular flexibility index (Phi) is 5.00. The highest BCUT2D eigenvalue weighted by atomic mass is 127. The number of halogens is 1. The van der Waals surface area contributed by atoms with Crippen LogP contribution in [0.2, 0.25) is 0 Å². The number of carbonyl (C=O) groups is 1. The number of nitrogen functional groups attached to an aromatic ring is 1. The van der Waals surface area contributed by atoms with E-state index in [0.717, 1.165) is 0 Å². The molecule has 0 radical (unpaired) electrons. The molecule has 2 aromatic carbocycles. The average molecular weight is 393 g/mol. The number of hydrogen-bond acceptors (Lipinski definition) is 4. The number of rotatable bonds is 4. The summed E-state index contributed by atoms with van der Waals surface area (Å²) in [5.41, 5.74) is 7.32. The van der Waals surface area contributed by atoms with Gasteiger partial charge < -0.3 is 15.8 Å². The van der Waals surface area contributed by atoms with Crippen LogP contribution in [0, 0.1) is 14.9 Å². The first-order valence-electron chi connectivity index (χ1n) is 6.07. The Morgan fingerprint density at radius 2 is 2.05 bits per heavy atom. The number of ether oxygens (including phenoxy) is 1. The lowest BCUT2D eigenvalue weighted by Gasteiger charge is -2.11. The van der Waals surface area contributed by atoms with E-state index in [4.69, 9.17) is 15.7 Å². The second kappa shape index (κ2) is 6.95. The van der Waals surface area contributed by atoms with E-state index in [9.17, 15) is 4.79 Å². The molecule has 0 unspecified atom stereocenters. The van der Waals surface area contributed by atoms with Crippen LogP contribution in [0.5, 0.6) is 5.75 Å². The van der Waals surface area contributed by atoms with E-state index >= 15 is 0 Å². The van der Waals surface area contributed by atoms with E-state index in [2.05, 4.69) is 5.32 Å². The van der Waals surface area contributed by atoms with Crippen molar-refractivity contribution in [3.05, 3.63) is 51.6 Å². The van der Waals surface area contributed by atoms with E-state index in [1.807, 2.05) is 46.9 Å². The summed E-state index contributed by atoms with van der Waals surface area (Å²) >= 11 is 2.02. The monoisotopic (exact) mass is 393 g/mol. The fourth-order valence-corrected chi connectivity index (χ4v) is 2.49. The van der Waals surface area contributed by atoms with Crippen LogP contribution in [0.1, 0.15) is 5.56 Å². The van der Waals surface area contributed by atoms with Gasteiger partial charge in [0, 0.05) is 5.69 Å². The zero-order valence-corrected chi connectivity index (χ0v) is 13.1. The third-order valence-corrected chi connectivity index (χ3v) is 3.41. The van der Waals surface area contributed by atoms with Crippen molar-refractivity contribution in [3.8, 4) is 11.8 Å². The van der Waals surface area contributed by atoms with Crippen LogP contribution in [0.25, 0.3) is 0 Å². The summed E-state index contributed by atoms with van der Waals surface area (Å²) in [4.78, 5) is 11.8. The number of para-hydroxylation sites is 1. The molecule has 0 aliphatic carbocycles. The molecule has 106 valence electrons. The fourth-order valence-electron chi connectivity index (χ4n) is 1.69. The molecule has 1 amide bonds. The molecular formula is C15H12IN3O2. The smallest absolute Gasteiger partial charge is 0.262 e. The average Bonchev–Trinajstić information content (AvgIpc) is 2.47. The predicted octanol–water partition coefficient (Wildman–Crippen LogP) is 2.76. The van der Waals surface area contributed by atoms with Crippen molar-refractivity contribution in [2.24, 2.45) is 0 Å². The Morgan fingerprint density at radius 3 is 2.67 bits per heavy atom. The first-order chi connectivity index (χ1) is 10.1. The molecule has 0 heterocycles. The van der Waals surface area contributed by atoms with E-state index in [1.165, 1.54) is 6.07 Å². The van der Waals surface area contributed by atoms with Crippen molar-refractivity contribution >= 4 is 39.9 Å². The van der Waals surface area contributed by atoms with Crippen molar-refractivity contribution in [3.63, 3.8) is 0 Å². The molecule has 0 atom stereocenters. The minimum atomic E-state index is -0.277. The number of amides is 1. The summed E-state index contributed by atoms with van der Waals surface area (Å²) in [6, 6.07) is 14.3. The quantitative estimate of drug-likeness (QED) is 0.618. The molecule has 0 saturated heterocycles. The Bertz CT molecular complexity index is 673. The summed E-state index contributed by atoms with van der Waals surface area (Å²) in [5, 5.41) is 11.6. The molecule has 0 saturated carbocycles. The highest BCUT2D eigenvalue weighted by Gasteiger charge is 2.11. The van der Waals surface area contributed by atoms with Gasteiger partial charge in [-0.1, -0.05) is 18.2 Å². The van der Waals surface area contributed by atoms with Gasteiger partial charge in [-0.25, -0.2) is 0 Å². The van der Waals surface area contributed by atoms with Gasteiger partial charge >= 0.3 is 0 Å². The standard InChI is InChI=1S/C15H12IN3O2/c16-12-6-10(8-17)7-13(18)15(12)21-9-14(20)19-11-4-2-1-3-5-11/h1-7H,9,18H2,(H,19,20). The Balaban J connectivity index is 2.00. The zero-order valence-electron chi connectivity index (χ0n) is 11.0. The molecule has 0 aromatic heterocycles. The second-order valence-corrected chi connectivity index (χ2v) is 5.35. The number of hydrogen-bond donors (Lipinski definition) is 2. The highest BCUT2D eigenvalue weighted by Crippen LogP contribution is 2.29. The lowest BCUT2D eigenvalue weighted by molar-refractivity contribution is -0.118. The third kappa shape index (κ3) is 4.10. The van der Waals surface area contributed by atoms with Crippen molar-refractivity contribution < 1.29 is 9.53 Å². The first kappa shape index (κ1) is 15.1. The third-order valence-electron chi connectivity index (χ3n) is 2.61. The summed E-state index contributed by atoms with van der Waals surface area (Å²) in [5.74, 6) is 0.138. The van der Waals surface area contributed by atoms with Gasteiger partial charge in [-0.05, 0) is 46.9 Å². The highest BCUT2D eigenvalue weighted by molar-refractivity contribution is 14.1. The maximum absolute atomic E-state index is 11.8. The number of nitrogens with one attached hydrogen (secondary N) is 1. The summed E-state index contributed by atoms with van der Waals surface area (Å²) < 4.78 is 6.14. The molecular weight excluding hydrogens is 381 g/mol. The lowest BCUT2D eigenvalue weighted by Crippen LogP contribution is -2.20. The number of benzene rings is 2. The van der Waals surface area contributed by atoms with E-state index in [1.54, 1.807) is 18.2 Å². The predicted molar refractivity (Wildman–Crippen MR) is 88.9 cm³/mol. The zero-order chi connectivity index (χ0) is 15.2. The Labute approximate surface area is 135 Å². The summed E-state index contributed by atoms with van der Waals surface area (Å²) in [7, 11) is 0. The van der Waals surface area contributed by atoms with Gasteiger partial charge in [0.2, 0.25) is 0 Å². The van der Waals surface area contributed by atoms with Gasteiger partial charge in [-0.3, -0.25) is 4.79 Å².